The summed E-state index contributed by atoms with van der Waals surface area (Å²) in [6, 6.07) is 10.0. The first-order valence-electron chi connectivity index (χ1n) is 13.0. The summed E-state index contributed by atoms with van der Waals surface area (Å²) in [6.45, 7) is 6.64. The van der Waals surface area contributed by atoms with E-state index in [1.54, 1.807) is 0 Å². The van der Waals surface area contributed by atoms with E-state index >= 15 is 0 Å². The Morgan fingerprint density at radius 3 is 2.49 bits per heavy atom. The minimum Gasteiger partial charge on any atom is -0.485 e. The lowest BCUT2D eigenvalue weighted by Gasteiger charge is -2.43. The average molecular weight is 609 g/mol. The lowest BCUT2D eigenvalue weighted by molar-refractivity contribution is -0.143. The molecule has 9 nitrogen and oxygen atoms in total. The molecule has 1 unspecified atom stereocenters. The smallest absolute Gasteiger partial charge is 0.434 e. The maximum Gasteiger partial charge on any atom is 0.434 e. The molecule has 5 rings (SSSR count). The van der Waals surface area contributed by atoms with Gasteiger partial charge in [-0.25, -0.2) is 8.93 Å². The Morgan fingerprint density at radius 2 is 1.83 bits per heavy atom. The van der Waals surface area contributed by atoms with E-state index in [1.807, 2.05) is 49.9 Å². The summed E-state index contributed by atoms with van der Waals surface area (Å²) in [4.78, 5) is 22.8. The van der Waals surface area contributed by atoms with E-state index in [0.717, 1.165) is 17.5 Å². The zero-order chi connectivity index (χ0) is 29.7. The van der Waals surface area contributed by atoms with Crippen molar-refractivity contribution in [2.75, 3.05) is 23.7 Å². The molecule has 2 atom stereocenters. The van der Waals surface area contributed by atoms with Crippen LogP contribution in [0, 0.1) is 0 Å². The standard InChI is InChI=1S/C27H31F3N6O3S2/c1-25(2,3)41(38)34-20-16-8-5-6-9-17(16)39-26(20)11-14-36(15-12-26)24-33-22(31)19(23(37)35(24)4)40-18-10-7-13-32-21(18)27(28,29)30/h5-10,13,20,34H,11-12,14-15,31H2,1-4H3/t20-,41?/m1/s1. The maximum atomic E-state index is 13.5. The van der Waals surface area contributed by atoms with Crippen LogP contribution in [0.5, 0.6) is 5.75 Å². The van der Waals surface area contributed by atoms with Crippen LogP contribution >= 0.6 is 11.8 Å². The summed E-state index contributed by atoms with van der Waals surface area (Å²) in [5.74, 6) is 0.899. The molecule has 1 spiro atoms. The first-order valence-corrected chi connectivity index (χ1v) is 15.0. The number of nitrogens with two attached hydrogens (primary N) is 1. The van der Waals surface area contributed by atoms with Crippen LogP contribution < -0.4 is 25.7 Å². The second-order valence-corrected chi connectivity index (χ2v) is 14.1. The summed E-state index contributed by atoms with van der Waals surface area (Å²) in [5.41, 5.74) is 4.80. The highest BCUT2D eigenvalue weighted by molar-refractivity contribution is 7.99. The molecule has 3 aromatic rings. The Labute approximate surface area is 242 Å². The van der Waals surface area contributed by atoms with Crippen LogP contribution in [-0.4, -0.2) is 42.2 Å². The van der Waals surface area contributed by atoms with Gasteiger partial charge >= 0.3 is 6.18 Å². The van der Waals surface area contributed by atoms with Crippen molar-refractivity contribution in [3.8, 4) is 5.75 Å². The molecule has 2 aliphatic rings. The lowest BCUT2D eigenvalue weighted by Crippen LogP contribution is -2.54. The number of alkyl halides is 3. The number of benzene rings is 1. The predicted molar refractivity (Wildman–Crippen MR) is 152 cm³/mol. The number of para-hydroxylation sites is 1. The van der Waals surface area contributed by atoms with E-state index in [1.165, 1.54) is 23.7 Å². The van der Waals surface area contributed by atoms with Crippen molar-refractivity contribution in [2.24, 2.45) is 7.05 Å². The number of rotatable bonds is 5. The number of ether oxygens (including phenoxy) is 1. The van der Waals surface area contributed by atoms with Gasteiger partial charge in [0.05, 0.1) is 21.8 Å². The number of nitrogen functional groups attached to an aromatic ring is 1. The molecular formula is C27H31F3N6O3S2. The number of aromatic nitrogens is 3. The molecule has 1 fully saturated rings. The lowest BCUT2D eigenvalue weighted by atomic mass is 9.83. The summed E-state index contributed by atoms with van der Waals surface area (Å²) in [6.07, 6.45) is -2.56. The number of fused-ring (bicyclic) bond motifs is 1. The average Bonchev–Trinajstić information content (AvgIpc) is 3.20. The fourth-order valence-corrected chi connectivity index (χ4v) is 6.98. The van der Waals surface area contributed by atoms with Gasteiger partial charge in [0.1, 0.15) is 22.1 Å². The van der Waals surface area contributed by atoms with E-state index in [9.17, 15) is 22.2 Å². The highest BCUT2D eigenvalue weighted by atomic mass is 32.2. The minimum absolute atomic E-state index is 0.105. The van der Waals surface area contributed by atoms with Crippen molar-refractivity contribution in [3.05, 3.63) is 64.2 Å². The van der Waals surface area contributed by atoms with Gasteiger partial charge < -0.3 is 15.4 Å². The number of nitrogens with one attached hydrogen (secondary N) is 1. The summed E-state index contributed by atoms with van der Waals surface area (Å²) < 4.78 is 64.1. The van der Waals surface area contributed by atoms with Crippen LogP contribution in [0.15, 0.2) is 57.2 Å². The number of hydrogen-bond acceptors (Lipinski definition) is 8. The second kappa shape index (κ2) is 10.6. The molecule has 0 radical (unpaired) electrons. The van der Waals surface area contributed by atoms with Gasteiger partial charge in [-0.1, -0.05) is 30.0 Å². The number of nitrogens with zero attached hydrogens (tertiary/aromatic N) is 4. The number of pyridine rings is 1. The predicted octanol–water partition coefficient (Wildman–Crippen LogP) is 4.45. The zero-order valence-electron chi connectivity index (χ0n) is 23.0. The third-order valence-corrected chi connectivity index (χ3v) is 9.95. The zero-order valence-corrected chi connectivity index (χ0v) is 24.6. The van der Waals surface area contributed by atoms with Crippen LogP contribution in [0.25, 0.3) is 0 Å². The van der Waals surface area contributed by atoms with E-state index in [-0.39, 0.29) is 21.7 Å². The Balaban J connectivity index is 1.40. The molecule has 220 valence electrons. The van der Waals surface area contributed by atoms with Crippen molar-refractivity contribution < 1.29 is 22.1 Å². The maximum absolute atomic E-state index is 13.5. The monoisotopic (exact) mass is 608 g/mol. The van der Waals surface area contributed by atoms with Gasteiger partial charge in [0, 0.05) is 49.6 Å². The first-order chi connectivity index (χ1) is 19.2. The van der Waals surface area contributed by atoms with E-state index in [0.29, 0.717) is 43.6 Å². The Hall–Kier alpha value is -3.10. The van der Waals surface area contributed by atoms with Crippen LogP contribution in [-0.2, 0) is 24.2 Å². The van der Waals surface area contributed by atoms with E-state index < -0.39 is 38.8 Å². The molecule has 0 bridgehead atoms. The quantitative estimate of drug-likeness (QED) is 0.437. The molecule has 0 aliphatic carbocycles. The van der Waals surface area contributed by atoms with Crippen LogP contribution in [0.1, 0.15) is 50.9 Å². The molecule has 0 amide bonds. The molecule has 1 saturated heterocycles. The normalized spacial score (nSPS) is 19.2. The topological polar surface area (TPSA) is 115 Å². The van der Waals surface area contributed by atoms with Gasteiger partial charge in [-0.3, -0.25) is 14.3 Å². The van der Waals surface area contributed by atoms with Crippen molar-refractivity contribution in [3.63, 3.8) is 0 Å². The third-order valence-electron chi connectivity index (χ3n) is 7.25. The summed E-state index contributed by atoms with van der Waals surface area (Å²) in [5, 5.41) is 0. The molecule has 0 saturated carbocycles. The fraction of sp³-hybridized carbons (Fsp3) is 0.444. The molecular weight excluding hydrogens is 577 g/mol. The van der Waals surface area contributed by atoms with Crippen LogP contribution in [0.2, 0.25) is 0 Å². The molecule has 2 aromatic heterocycles. The molecule has 1 aromatic carbocycles. The van der Waals surface area contributed by atoms with Crippen molar-refractivity contribution in [1.82, 2.24) is 19.3 Å². The van der Waals surface area contributed by atoms with Gasteiger partial charge in [-0.2, -0.15) is 18.2 Å². The largest absolute Gasteiger partial charge is 0.485 e. The van der Waals surface area contributed by atoms with Gasteiger partial charge in [0.2, 0.25) is 5.95 Å². The van der Waals surface area contributed by atoms with E-state index in [4.69, 9.17) is 10.5 Å². The van der Waals surface area contributed by atoms with E-state index in [2.05, 4.69) is 14.7 Å². The van der Waals surface area contributed by atoms with Crippen molar-refractivity contribution in [1.29, 1.82) is 0 Å². The fourth-order valence-electron chi connectivity index (χ4n) is 5.06. The third kappa shape index (κ3) is 5.56. The molecule has 14 heteroatoms. The highest BCUT2D eigenvalue weighted by Gasteiger charge is 2.51. The molecule has 41 heavy (non-hydrogen) atoms. The van der Waals surface area contributed by atoms with Crippen molar-refractivity contribution >= 4 is 34.5 Å². The summed E-state index contributed by atoms with van der Waals surface area (Å²) in [7, 11) is 0.180. The van der Waals surface area contributed by atoms with Gasteiger partial charge in [0.15, 0.2) is 5.69 Å². The molecule has 3 N–H and O–H groups in total. The number of piperidine rings is 1. The Kier molecular flexibility index (Phi) is 7.62. The molecule has 4 heterocycles. The summed E-state index contributed by atoms with van der Waals surface area (Å²) >= 11 is 0.601. The van der Waals surface area contributed by atoms with Crippen molar-refractivity contribution in [2.45, 2.75) is 66.0 Å². The van der Waals surface area contributed by atoms with Crippen LogP contribution in [0.3, 0.4) is 0 Å². The van der Waals surface area contributed by atoms with Gasteiger partial charge in [-0.15, -0.1) is 0 Å². The van der Waals surface area contributed by atoms with Crippen LogP contribution in [0.4, 0.5) is 24.9 Å². The first kappa shape index (κ1) is 29.4. The SMILES string of the molecule is Cn1c(N2CCC3(CC2)Oc2ccccc2[C@H]3NS(=O)C(C)(C)C)nc(N)c(Sc2cccnc2C(F)(F)F)c1=O. The van der Waals surface area contributed by atoms with Gasteiger partial charge in [-0.05, 0) is 39.0 Å². The number of anilines is 2. The van der Waals surface area contributed by atoms with Gasteiger partial charge in [0.25, 0.3) is 5.56 Å². The molecule has 2 aliphatic heterocycles. The Bertz CT molecular complexity index is 1550. The number of halogens is 3. The minimum atomic E-state index is -4.69. The highest BCUT2D eigenvalue weighted by Crippen LogP contribution is 2.49. The Morgan fingerprint density at radius 1 is 1.15 bits per heavy atom. The second-order valence-electron chi connectivity index (χ2n) is 11.1. The number of hydrogen-bond donors (Lipinski definition) is 2.